The molecule has 0 saturated carbocycles. The quantitative estimate of drug-likeness (QED) is 0.671. The molecule has 8 heteroatoms. The number of methoxy groups -OCH3 is 2. The smallest absolute Gasteiger partial charge is 0.251 e. The second-order valence-electron chi connectivity index (χ2n) is 7.40. The van der Waals surface area contributed by atoms with Gasteiger partial charge in [-0.3, -0.25) is 14.7 Å². The van der Waals surface area contributed by atoms with Crippen molar-refractivity contribution in [3.8, 4) is 23.0 Å². The van der Waals surface area contributed by atoms with Crippen LogP contribution >= 0.6 is 0 Å². The molecule has 156 valence electrons. The average molecular weight is 407 g/mol. The van der Waals surface area contributed by atoms with Crippen LogP contribution in [0.1, 0.15) is 30.0 Å². The number of hydrogen-bond donors (Lipinski definition) is 1. The third kappa shape index (κ3) is 4.65. The van der Waals surface area contributed by atoms with Crippen LogP contribution in [0.5, 0.6) is 11.5 Å². The molecule has 0 aliphatic carbocycles. The van der Waals surface area contributed by atoms with Gasteiger partial charge in [-0.15, -0.1) is 0 Å². The van der Waals surface area contributed by atoms with Crippen LogP contribution in [0, 0.1) is 0 Å². The SMILES string of the molecule is COc1cc(CN2CCC[C@H](c3cc(=O)[nH]c(-c4cnccn4)n3)C2)cc(OC)c1. The Morgan fingerprint density at radius 3 is 2.63 bits per heavy atom. The van der Waals surface area contributed by atoms with Crippen LogP contribution < -0.4 is 15.0 Å². The van der Waals surface area contributed by atoms with E-state index in [4.69, 9.17) is 14.5 Å². The molecular weight excluding hydrogens is 382 g/mol. The molecule has 0 bridgehead atoms. The molecular formula is C22H25N5O3. The fourth-order valence-corrected chi connectivity index (χ4v) is 3.88. The van der Waals surface area contributed by atoms with Gasteiger partial charge in [-0.05, 0) is 37.1 Å². The van der Waals surface area contributed by atoms with E-state index in [0.29, 0.717) is 11.5 Å². The summed E-state index contributed by atoms with van der Waals surface area (Å²) in [7, 11) is 3.31. The Labute approximate surface area is 174 Å². The molecule has 1 saturated heterocycles. The molecule has 1 aliphatic heterocycles. The molecule has 1 aliphatic rings. The van der Waals surface area contributed by atoms with Gasteiger partial charge in [0, 0.05) is 43.5 Å². The number of nitrogens with zero attached hydrogens (tertiary/aromatic N) is 4. The van der Waals surface area contributed by atoms with Gasteiger partial charge in [0.05, 0.1) is 26.1 Å². The Balaban J connectivity index is 1.53. The van der Waals surface area contributed by atoms with Crippen molar-refractivity contribution in [3.63, 3.8) is 0 Å². The van der Waals surface area contributed by atoms with Gasteiger partial charge in [0.2, 0.25) is 0 Å². The van der Waals surface area contributed by atoms with Gasteiger partial charge in [-0.25, -0.2) is 9.97 Å². The molecule has 30 heavy (non-hydrogen) atoms. The highest BCUT2D eigenvalue weighted by molar-refractivity contribution is 5.46. The second-order valence-corrected chi connectivity index (χ2v) is 7.40. The van der Waals surface area contributed by atoms with Crippen molar-refractivity contribution in [2.24, 2.45) is 0 Å². The summed E-state index contributed by atoms with van der Waals surface area (Å²) in [4.78, 5) is 30.4. The highest BCUT2D eigenvalue weighted by Gasteiger charge is 2.24. The van der Waals surface area contributed by atoms with E-state index in [1.54, 1.807) is 38.9 Å². The zero-order chi connectivity index (χ0) is 20.9. The molecule has 1 atom stereocenters. The largest absolute Gasteiger partial charge is 0.497 e. The zero-order valence-corrected chi connectivity index (χ0v) is 17.2. The predicted molar refractivity (Wildman–Crippen MR) is 113 cm³/mol. The van der Waals surface area contributed by atoms with Gasteiger partial charge in [0.1, 0.15) is 17.2 Å². The van der Waals surface area contributed by atoms with Crippen LogP contribution in [0.2, 0.25) is 0 Å². The lowest BCUT2D eigenvalue weighted by Crippen LogP contribution is -2.34. The van der Waals surface area contributed by atoms with Crippen LogP contribution in [0.4, 0.5) is 0 Å². The minimum absolute atomic E-state index is 0.171. The summed E-state index contributed by atoms with van der Waals surface area (Å²) < 4.78 is 10.8. The number of aromatic amines is 1. The fraction of sp³-hybridized carbons (Fsp3) is 0.364. The number of benzene rings is 1. The molecule has 0 spiro atoms. The molecule has 4 rings (SSSR count). The standard InChI is InChI=1S/C22H25N5O3/c1-29-17-8-15(9-18(10-17)30-2)13-27-7-3-4-16(14-27)19-11-21(28)26-22(25-19)20-12-23-5-6-24-20/h5-6,8-12,16H,3-4,7,13-14H2,1-2H3,(H,25,26,28)/t16-/m0/s1. The number of piperidine rings is 1. The summed E-state index contributed by atoms with van der Waals surface area (Å²) >= 11 is 0. The van der Waals surface area contributed by atoms with E-state index in [0.717, 1.165) is 55.2 Å². The average Bonchev–Trinajstić information content (AvgIpc) is 2.79. The first-order valence-electron chi connectivity index (χ1n) is 9.96. The Kier molecular flexibility index (Phi) is 6.04. The number of likely N-dealkylation sites (tertiary alicyclic amines) is 1. The van der Waals surface area contributed by atoms with Gasteiger partial charge in [0.15, 0.2) is 5.82 Å². The maximum absolute atomic E-state index is 12.3. The number of nitrogens with one attached hydrogen (secondary N) is 1. The molecule has 0 radical (unpaired) electrons. The highest BCUT2D eigenvalue weighted by Crippen LogP contribution is 2.29. The van der Waals surface area contributed by atoms with Gasteiger partial charge >= 0.3 is 0 Å². The molecule has 1 N–H and O–H groups in total. The Morgan fingerprint density at radius 2 is 1.93 bits per heavy atom. The van der Waals surface area contributed by atoms with E-state index < -0.39 is 0 Å². The Hall–Kier alpha value is -3.26. The van der Waals surface area contributed by atoms with Crippen LogP contribution in [-0.4, -0.2) is 52.1 Å². The Bertz CT molecular complexity index is 1030. The normalized spacial score (nSPS) is 16.9. The van der Waals surface area contributed by atoms with Gasteiger partial charge in [-0.2, -0.15) is 0 Å². The minimum atomic E-state index is -0.171. The topological polar surface area (TPSA) is 93.2 Å². The highest BCUT2D eigenvalue weighted by atomic mass is 16.5. The molecule has 3 aromatic rings. The van der Waals surface area contributed by atoms with Crippen molar-refractivity contribution in [2.75, 3.05) is 27.3 Å². The van der Waals surface area contributed by atoms with Gasteiger partial charge < -0.3 is 14.5 Å². The van der Waals surface area contributed by atoms with Crippen molar-refractivity contribution in [3.05, 3.63) is 64.5 Å². The first kappa shape index (κ1) is 20.0. The molecule has 1 fully saturated rings. The summed E-state index contributed by atoms with van der Waals surface area (Å²) in [6, 6.07) is 7.53. The third-order valence-electron chi connectivity index (χ3n) is 5.31. The fourth-order valence-electron chi connectivity index (χ4n) is 3.88. The van der Waals surface area contributed by atoms with E-state index in [-0.39, 0.29) is 11.5 Å². The predicted octanol–water partition coefficient (Wildman–Crippen LogP) is 2.62. The number of hydrogen-bond acceptors (Lipinski definition) is 7. The van der Waals surface area contributed by atoms with E-state index in [9.17, 15) is 4.79 Å². The van der Waals surface area contributed by atoms with E-state index in [1.165, 1.54) is 0 Å². The van der Waals surface area contributed by atoms with Crippen LogP contribution in [0.3, 0.4) is 0 Å². The van der Waals surface area contributed by atoms with E-state index in [2.05, 4.69) is 19.9 Å². The lowest BCUT2D eigenvalue weighted by atomic mass is 9.94. The summed E-state index contributed by atoms with van der Waals surface area (Å²) in [5.74, 6) is 2.20. The minimum Gasteiger partial charge on any atom is -0.497 e. The number of aromatic nitrogens is 4. The lowest BCUT2D eigenvalue weighted by molar-refractivity contribution is 0.198. The summed E-state index contributed by atoms with van der Waals surface area (Å²) in [6.07, 6.45) is 6.82. The van der Waals surface area contributed by atoms with Gasteiger partial charge in [0.25, 0.3) is 5.56 Å². The summed E-state index contributed by atoms with van der Waals surface area (Å²) in [5, 5.41) is 0. The molecule has 0 unspecified atom stereocenters. The summed E-state index contributed by atoms with van der Waals surface area (Å²) in [6.45, 7) is 2.61. The first-order chi connectivity index (χ1) is 14.6. The third-order valence-corrected chi connectivity index (χ3v) is 5.31. The molecule has 2 aromatic heterocycles. The monoisotopic (exact) mass is 407 g/mol. The Morgan fingerprint density at radius 1 is 1.13 bits per heavy atom. The molecule has 0 amide bonds. The summed E-state index contributed by atoms with van der Waals surface area (Å²) in [5.41, 5.74) is 2.32. The zero-order valence-electron chi connectivity index (χ0n) is 17.2. The van der Waals surface area contributed by atoms with E-state index in [1.807, 2.05) is 18.2 Å². The van der Waals surface area contributed by atoms with Crippen LogP contribution in [0.15, 0.2) is 47.7 Å². The number of ether oxygens (including phenoxy) is 2. The lowest BCUT2D eigenvalue weighted by Gasteiger charge is -2.32. The maximum Gasteiger partial charge on any atom is 0.251 e. The molecule has 1 aromatic carbocycles. The van der Waals surface area contributed by atoms with Crippen LogP contribution in [0.25, 0.3) is 11.5 Å². The number of H-pyrrole nitrogens is 1. The number of rotatable bonds is 6. The maximum atomic E-state index is 12.3. The van der Waals surface area contributed by atoms with Gasteiger partial charge in [-0.1, -0.05) is 0 Å². The van der Waals surface area contributed by atoms with Crippen molar-refractivity contribution in [2.45, 2.75) is 25.3 Å². The van der Waals surface area contributed by atoms with Crippen molar-refractivity contribution in [1.29, 1.82) is 0 Å². The van der Waals surface area contributed by atoms with Crippen molar-refractivity contribution in [1.82, 2.24) is 24.8 Å². The van der Waals surface area contributed by atoms with E-state index >= 15 is 0 Å². The first-order valence-corrected chi connectivity index (χ1v) is 9.96. The molecule has 8 nitrogen and oxygen atoms in total. The van der Waals surface area contributed by atoms with Crippen molar-refractivity contribution < 1.29 is 9.47 Å². The van der Waals surface area contributed by atoms with Crippen LogP contribution in [-0.2, 0) is 6.54 Å². The molecule has 3 heterocycles. The second kappa shape index (κ2) is 9.04. The van der Waals surface area contributed by atoms with Crippen molar-refractivity contribution >= 4 is 0 Å².